The molecule has 1 aliphatic heterocycles. The Hall–Kier alpha value is -1.58. The Morgan fingerprint density at radius 3 is 2.55 bits per heavy atom. The molecule has 0 saturated carbocycles. The molecule has 1 aliphatic rings. The first-order chi connectivity index (χ1) is 9.72. The largest absolute Gasteiger partial charge is 0.486 e. The summed E-state index contributed by atoms with van der Waals surface area (Å²) >= 11 is 12.0. The van der Waals surface area contributed by atoms with E-state index >= 15 is 0 Å². The van der Waals surface area contributed by atoms with Gasteiger partial charge in [-0.15, -0.1) is 0 Å². The number of halogens is 2. The van der Waals surface area contributed by atoms with Crippen molar-refractivity contribution in [3.63, 3.8) is 0 Å². The van der Waals surface area contributed by atoms with Gasteiger partial charge in [-0.05, 0) is 24.3 Å². The Labute approximate surface area is 127 Å². The average molecular weight is 310 g/mol. The van der Waals surface area contributed by atoms with Crippen LogP contribution >= 0.6 is 23.2 Å². The maximum absolute atomic E-state index is 5.98. The van der Waals surface area contributed by atoms with Crippen molar-refractivity contribution in [2.75, 3.05) is 18.5 Å². The minimum Gasteiger partial charge on any atom is -0.486 e. The predicted molar refractivity (Wildman–Crippen MR) is 81.2 cm³/mol. The van der Waals surface area contributed by atoms with Gasteiger partial charge in [-0.25, -0.2) is 0 Å². The van der Waals surface area contributed by atoms with Crippen LogP contribution in [0.25, 0.3) is 0 Å². The van der Waals surface area contributed by atoms with Gasteiger partial charge < -0.3 is 14.8 Å². The van der Waals surface area contributed by atoms with Gasteiger partial charge in [0.15, 0.2) is 11.5 Å². The van der Waals surface area contributed by atoms with Crippen LogP contribution in [0.3, 0.4) is 0 Å². The molecule has 0 radical (unpaired) electrons. The molecule has 2 aromatic rings. The lowest BCUT2D eigenvalue weighted by molar-refractivity contribution is 0.170. The van der Waals surface area contributed by atoms with Gasteiger partial charge >= 0.3 is 0 Å². The third-order valence-electron chi connectivity index (χ3n) is 2.99. The predicted octanol–water partition coefficient (Wildman–Crippen LogP) is 4.38. The molecule has 0 unspecified atom stereocenters. The van der Waals surface area contributed by atoms with E-state index in [-0.39, 0.29) is 0 Å². The first kappa shape index (κ1) is 13.4. The lowest BCUT2D eigenvalue weighted by Gasteiger charge is -2.21. The van der Waals surface area contributed by atoms with E-state index in [1.165, 1.54) is 0 Å². The first-order valence-corrected chi connectivity index (χ1v) is 7.05. The topological polar surface area (TPSA) is 30.5 Å². The Morgan fingerprint density at radius 1 is 1.00 bits per heavy atom. The molecule has 0 fully saturated rings. The quantitative estimate of drug-likeness (QED) is 0.913. The fourth-order valence-electron chi connectivity index (χ4n) is 2.13. The van der Waals surface area contributed by atoms with Crippen LogP contribution in [-0.4, -0.2) is 13.2 Å². The minimum atomic E-state index is 0.576. The van der Waals surface area contributed by atoms with E-state index in [2.05, 4.69) is 5.32 Å². The maximum Gasteiger partial charge on any atom is 0.166 e. The van der Waals surface area contributed by atoms with E-state index in [0.29, 0.717) is 29.8 Å². The molecule has 0 bridgehead atoms. The summed E-state index contributed by atoms with van der Waals surface area (Å²) in [6, 6.07) is 11.2. The third kappa shape index (κ3) is 2.94. The lowest BCUT2D eigenvalue weighted by Crippen LogP contribution is -2.17. The van der Waals surface area contributed by atoms with Crippen molar-refractivity contribution in [1.29, 1.82) is 0 Å². The molecular formula is C15H13Cl2NO2. The van der Waals surface area contributed by atoms with Crippen molar-refractivity contribution >= 4 is 28.9 Å². The zero-order chi connectivity index (χ0) is 13.9. The average Bonchev–Trinajstić information content (AvgIpc) is 2.44. The molecule has 0 spiro atoms. The number of ether oxygens (including phenoxy) is 2. The van der Waals surface area contributed by atoms with Gasteiger partial charge in [-0.1, -0.05) is 35.3 Å². The van der Waals surface area contributed by atoms with E-state index in [9.17, 15) is 0 Å². The van der Waals surface area contributed by atoms with Gasteiger partial charge in [0.2, 0.25) is 0 Å². The summed E-state index contributed by atoms with van der Waals surface area (Å²) < 4.78 is 11.2. The summed E-state index contributed by atoms with van der Waals surface area (Å²) in [6.07, 6.45) is 0. The molecule has 1 N–H and O–H groups in total. The summed E-state index contributed by atoms with van der Waals surface area (Å²) in [5.74, 6) is 1.60. The Morgan fingerprint density at radius 2 is 1.75 bits per heavy atom. The molecule has 2 aromatic carbocycles. The highest BCUT2D eigenvalue weighted by molar-refractivity contribution is 6.35. The van der Waals surface area contributed by atoms with Crippen molar-refractivity contribution in [1.82, 2.24) is 0 Å². The smallest absolute Gasteiger partial charge is 0.166 e. The van der Waals surface area contributed by atoms with E-state index in [0.717, 1.165) is 22.7 Å². The molecule has 1 heterocycles. The summed E-state index contributed by atoms with van der Waals surface area (Å²) in [5.41, 5.74) is 1.91. The number of benzene rings is 2. The van der Waals surface area contributed by atoms with Gasteiger partial charge in [0.1, 0.15) is 13.2 Å². The zero-order valence-corrected chi connectivity index (χ0v) is 12.2. The number of hydrogen-bond donors (Lipinski definition) is 1. The fourth-order valence-corrected chi connectivity index (χ4v) is 2.65. The molecule has 3 nitrogen and oxygen atoms in total. The summed E-state index contributed by atoms with van der Waals surface area (Å²) in [5, 5.41) is 4.50. The first-order valence-electron chi connectivity index (χ1n) is 6.30. The summed E-state index contributed by atoms with van der Waals surface area (Å²) in [4.78, 5) is 0. The highest BCUT2D eigenvalue weighted by atomic mass is 35.5. The lowest BCUT2D eigenvalue weighted by atomic mass is 10.1. The second-order valence-electron chi connectivity index (χ2n) is 4.45. The molecule has 0 aromatic heterocycles. The summed E-state index contributed by atoms with van der Waals surface area (Å²) in [6.45, 7) is 1.78. The van der Waals surface area contributed by atoms with E-state index in [1.54, 1.807) is 6.07 Å². The highest BCUT2D eigenvalue weighted by Crippen LogP contribution is 2.34. The van der Waals surface area contributed by atoms with Crippen LogP contribution in [0.1, 0.15) is 5.56 Å². The van der Waals surface area contributed by atoms with Crippen molar-refractivity contribution in [2.24, 2.45) is 0 Å². The zero-order valence-electron chi connectivity index (χ0n) is 10.7. The number of para-hydroxylation sites is 1. The van der Waals surface area contributed by atoms with Gasteiger partial charge in [0.25, 0.3) is 0 Å². The third-order valence-corrected chi connectivity index (χ3v) is 3.43. The van der Waals surface area contributed by atoms with Crippen LogP contribution < -0.4 is 14.8 Å². The standard InChI is InChI=1S/C15H13Cl2NO2/c16-11-6-12(17)8-13(7-11)18-9-10-2-1-3-14-15(10)20-5-4-19-14/h1-3,6-8,18H,4-5,9H2. The highest BCUT2D eigenvalue weighted by Gasteiger charge is 2.15. The second kappa shape index (κ2) is 5.81. The molecule has 0 aliphatic carbocycles. The Balaban J connectivity index is 1.78. The van der Waals surface area contributed by atoms with Crippen LogP contribution in [0.4, 0.5) is 5.69 Å². The van der Waals surface area contributed by atoms with Crippen LogP contribution in [-0.2, 0) is 6.54 Å². The molecule has 0 saturated heterocycles. The monoisotopic (exact) mass is 309 g/mol. The SMILES string of the molecule is Clc1cc(Cl)cc(NCc2cccc3c2OCCO3)c1. The molecule has 104 valence electrons. The maximum atomic E-state index is 5.98. The molecule has 0 atom stereocenters. The number of nitrogens with one attached hydrogen (secondary N) is 1. The normalized spacial score (nSPS) is 13.1. The van der Waals surface area contributed by atoms with Crippen LogP contribution in [0.15, 0.2) is 36.4 Å². The van der Waals surface area contributed by atoms with Gasteiger partial charge in [-0.2, -0.15) is 0 Å². The van der Waals surface area contributed by atoms with Crippen molar-refractivity contribution in [2.45, 2.75) is 6.54 Å². The number of fused-ring (bicyclic) bond motifs is 1. The number of hydrogen-bond acceptors (Lipinski definition) is 3. The Bertz CT molecular complexity index is 611. The van der Waals surface area contributed by atoms with Gasteiger partial charge in [0.05, 0.1) is 0 Å². The van der Waals surface area contributed by atoms with E-state index < -0.39 is 0 Å². The van der Waals surface area contributed by atoms with Gasteiger partial charge in [0, 0.05) is 27.8 Å². The molecule has 3 rings (SSSR count). The number of anilines is 1. The summed E-state index contributed by atoms with van der Waals surface area (Å²) in [7, 11) is 0. The molecule has 20 heavy (non-hydrogen) atoms. The van der Waals surface area contributed by atoms with Crippen molar-refractivity contribution in [3.05, 3.63) is 52.0 Å². The minimum absolute atomic E-state index is 0.576. The fraction of sp³-hybridized carbons (Fsp3) is 0.200. The molecular weight excluding hydrogens is 297 g/mol. The number of rotatable bonds is 3. The van der Waals surface area contributed by atoms with Crippen LogP contribution in [0.2, 0.25) is 10.0 Å². The molecule has 0 amide bonds. The van der Waals surface area contributed by atoms with Crippen molar-refractivity contribution < 1.29 is 9.47 Å². The Kier molecular flexibility index (Phi) is 3.90. The molecule has 5 heteroatoms. The van der Waals surface area contributed by atoms with Crippen LogP contribution in [0, 0.1) is 0 Å². The van der Waals surface area contributed by atoms with Gasteiger partial charge in [-0.3, -0.25) is 0 Å². The van der Waals surface area contributed by atoms with Crippen molar-refractivity contribution in [3.8, 4) is 11.5 Å². The van der Waals surface area contributed by atoms with Crippen LogP contribution in [0.5, 0.6) is 11.5 Å². The second-order valence-corrected chi connectivity index (χ2v) is 5.33. The van der Waals surface area contributed by atoms with E-state index in [1.807, 2.05) is 30.3 Å². The van der Waals surface area contributed by atoms with E-state index in [4.69, 9.17) is 32.7 Å².